The van der Waals surface area contributed by atoms with E-state index in [1.54, 1.807) is 45.0 Å². The smallest absolute Gasteiger partial charge is 0.408 e. The van der Waals surface area contributed by atoms with E-state index in [-0.39, 0.29) is 38.5 Å². The quantitative estimate of drug-likeness (QED) is 0.0397. The summed E-state index contributed by atoms with van der Waals surface area (Å²) in [6, 6.07) is 31.8. The molecule has 7 amide bonds. The Morgan fingerprint density at radius 2 is 1.14 bits per heavy atom. The molecule has 1 heterocycles. The molecule has 1 saturated heterocycles. The number of esters is 1. The Labute approximate surface area is 446 Å². The molecule has 18 heteroatoms. The summed E-state index contributed by atoms with van der Waals surface area (Å²) in [4.78, 5) is 114. The van der Waals surface area contributed by atoms with E-state index in [9.17, 15) is 38.4 Å². The van der Waals surface area contributed by atoms with Crippen LogP contribution in [0, 0.1) is 5.92 Å². The van der Waals surface area contributed by atoms with Gasteiger partial charge in [0.2, 0.25) is 35.4 Å². The maximum Gasteiger partial charge on any atom is 0.408 e. The highest BCUT2D eigenvalue weighted by atomic mass is 16.5. The fourth-order valence-corrected chi connectivity index (χ4v) is 8.82. The van der Waals surface area contributed by atoms with Crippen LogP contribution in [0.3, 0.4) is 0 Å². The van der Waals surface area contributed by atoms with Gasteiger partial charge in [-0.25, -0.2) is 9.59 Å². The molecular weight excluding hydrogens is 971 g/mol. The van der Waals surface area contributed by atoms with Crippen molar-refractivity contribution in [3.8, 4) is 0 Å². The van der Waals surface area contributed by atoms with Crippen molar-refractivity contribution in [3.63, 3.8) is 0 Å². The Morgan fingerprint density at radius 3 is 1.64 bits per heavy atom. The number of likely N-dealkylation sites (tertiary alicyclic amines) is 1. The van der Waals surface area contributed by atoms with Gasteiger partial charge in [0.05, 0.1) is 25.7 Å². The highest BCUT2D eigenvalue weighted by molar-refractivity contribution is 6.00. The molecule has 4 aromatic rings. The third-order valence-electron chi connectivity index (χ3n) is 12.8. The van der Waals surface area contributed by atoms with Crippen molar-refractivity contribution >= 4 is 47.5 Å². The van der Waals surface area contributed by atoms with E-state index in [0.29, 0.717) is 28.7 Å². The molecule has 0 aliphatic carbocycles. The molecule has 0 spiro atoms. The predicted molar refractivity (Wildman–Crippen MR) is 286 cm³/mol. The second-order valence-corrected chi connectivity index (χ2v) is 21.4. The van der Waals surface area contributed by atoms with Crippen LogP contribution in [0.2, 0.25) is 0 Å². The molecule has 408 valence electrons. The maximum atomic E-state index is 14.9. The summed E-state index contributed by atoms with van der Waals surface area (Å²) >= 11 is 0. The summed E-state index contributed by atoms with van der Waals surface area (Å²) in [5.74, 6) is -5.28. The van der Waals surface area contributed by atoms with E-state index in [1.807, 2.05) is 111 Å². The summed E-state index contributed by atoms with van der Waals surface area (Å²) in [6.07, 6.45) is -0.741. The van der Waals surface area contributed by atoms with E-state index in [1.165, 1.54) is 39.7 Å². The lowest BCUT2D eigenvalue weighted by Gasteiger charge is -2.37. The number of amides is 7. The van der Waals surface area contributed by atoms with Gasteiger partial charge in [0.1, 0.15) is 41.3 Å². The standard InChI is InChI=1S/C58H75N7O11/c1-38(2)34-43(49(68)63-57(8,9)53(72)65-33-23-32-46(65)50(69)60-45(51(70)74-10)37-76-55(3,4)5)59-48(67)44(61-52(71)56(6,7)64-54(73)75-36-39-24-15-11-16-25-39)35-47(66)62-58(40-26-17-12-18-27-40,41-28-19-13-20-29-41)42-30-21-14-22-31-42/h11-22,24-31,38,43-46H,23,32-37H2,1-10H3,(H,59,67)(H,60,69)(H,61,71)(H,62,66)(H,63,68)(H,64,73)/t43-,44-,45-,46-/m0/s1. The first-order valence-electron chi connectivity index (χ1n) is 25.6. The van der Waals surface area contributed by atoms with Crippen molar-refractivity contribution in [2.45, 2.75) is 141 Å². The van der Waals surface area contributed by atoms with Gasteiger partial charge in [-0.3, -0.25) is 28.8 Å². The number of nitrogens with one attached hydrogen (secondary N) is 6. The van der Waals surface area contributed by atoms with Crippen molar-refractivity contribution in [2.24, 2.45) is 5.92 Å². The number of methoxy groups -OCH3 is 1. The average molecular weight is 1050 g/mol. The average Bonchev–Trinajstić information content (AvgIpc) is 3.88. The molecule has 0 saturated carbocycles. The van der Waals surface area contributed by atoms with Crippen LogP contribution in [0.15, 0.2) is 121 Å². The lowest BCUT2D eigenvalue weighted by atomic mass is 9.77. The molecule has 0 aromatic heterocycles. The van der Waals surface area contributed by atoms with Crippen molar-refractivity contribution in [3.05, 3.63) is 144 Å². The number of carbonyl (C=O) groups is 8. The van der Waals surface area contributed by atoms with Crippen molar-refractivity contribution < 1.29 is 52.6 Å². The topological polar surface area (TPSA) is 240 Å². The monoisotopic (exact) mass is 1050 g/mol. The van der Waals surface area contributed by atoms with Gasteiger partial charge < -0.3 is 51.0 Å². The molecule has 18 nitrogen and oxygen atoms in total. The number of carbonyl (C=O) groups excluding carboxylic acids is 8. The van der Waals surface area contributed by atoms with Gasteiger partial charge in [0.25, 0.3) is 0 Å². The molecule has 1 fully saturated rings. The van der Waals surface area contributed by atoms with E-state index in [0.717, 1.165) is 0 Å². The van der Waals surface area contributed by atoms with E-state index >= 15 is 0 Å². The highest BCUT2D eigenvalue weighted by Crippen LogP contribution is 2.37. The minimum atomic E-state index is -1.70. The van der Waals surface area contributed by atoms with Crippen LogP contribution in [0.1, 0.15) is 110 Å². The molecule has 1 aliphatic rings. The molecule has 1 aliphatic heterocycles. The van der Waals surface area contributed by atoms with Crippen LogP contribution < -0.4 is 31.9 Å². The summed E-state index contributed by atoms with van der Waals surface area (Å²) < 4.78 is 16.1. The fourth-order valence-electron chi connectivity index (χ4n) is 8.82. The third-order valence-corrected chi connectivity index (χ3v) is 12.8. The van der Waals surface area contributed by atoms with Gasteiger partial charge in [-0.05, 0) is 95.9 Å². The first-order valence-corrected chi connectivity index (χ1v) is 25.6. The first kappa shape index (κ1) is 59.3. The summed E-state index contributed by atoms with van der Waals surface area (Å²) in [6.45, 7) is 14.8. The SMILES string of the molecule is COC(=O)[C@H](COC(C)(C)C)NC(=O)[C@@H]1CCCN1C(=O)C(C)(C)NC(=O)[C@H](CC(C)C)NC(=O)[C@H](CC(=O)NC(c1ccccc1)(c1ccccc1)c1ccccc1)NC(=O)C(C)(C)NC(=O)OCc1ccccc1. The normalized spacial score (nSPS) is 15.0. The number of ether oxygens (including phenoxy) is 3. The molecule has 0 bridgehead atoms. The van der Waals surface area contributed by atoms with Gasteiger partial charge in [-0.2, -0.15) is 0 Å². The molecule has 76 heavy (non-hydrogen) atoms. The van der Waals surface area contributed by atoms with Crippen LogP contribution in [0.25, 0.3) is 0 Å². The Hall–Kier alpha value is -7.60. The maximum absolute atomic E-state index is 14.9. The molecule has 6 N–H and O–H groups in total. The van der Waals surface area contributed by atoms with Crippen LogP contribution in [-0.2, 0) is 59.9 Å². The lowest BCUT2D eigenvalue weighted by molar-refractivity contribution is -0.150. The zero-order valence-electron chi connectivity index (χ0n) is 45.3. The van der Waals surface area contributed by atoms with E-state index < -0.39 is 100 Å². The van der Waals surface area contributed by atoms with Crippen LogP contribution in [0.5, 0.6) is 0 Å². The number of hydrogen-bond donors (Lipinski definition) is 6. The Balaban J connectivity index is 1.42. The predicted octanol–water partition coefficient (Wildman–Crippen LogP) is 5.56. The van der Waals surface area contributed by atoms with Crippen molar-refractivity contribution in [2.75, 3.05) is 20.3 Å². The Kier molecular flexibility index (Phi) is 20.5. The van der Waals surface area contributed by atoms with Crippen molar-refractivity contribution in [1.29, 1.82) is 0 Å². The largest absolute Gasteiger partial charge is 0.467 e. The van der Waals surface area contributed by atoms with E-state index in [2.05, 4.69) is 31.9 Å². The summed E-state index contributed by atoms with van der Waals surface area (Å²) in [7, 11) is 1.19. The van der Waals surface area contributed by atoms with Gasteiger partial charge in [0.15, 0.2) is 6.04 Å². The minimum absolute atomic E-state index is 0.0639. The number of alkyl carbamates (subject to hydrolysis) is 1. The van der Waals surface area contributed by atoms with Gasteiger partial charge >= 0.3 is 12.1 Å². The van der Waals surface area contributed by atoms with Crippen LogP contribution >= 0.6 is 0 Å². The summed E-state index contributed by atoms with van der Waals surface area (Å²) in [5.41, 5.74) is -2.44. The van der Waals surface area contributed by atoms with Crippen molar-refractivity contribution in [1.82, 2.24) is 36.8 Å². The Bertz CT molecular complexity index is 2530. The van der Waals surface area contributed by atoms with Crippen LogP contribution in [-0.4, -0.2) is 114 Å². The fraction of sp³-hybridized carbons (Fsp3) is 0.448. The number of nitrogens with zero attached hydrogens (tertiary/aromatic N) is 1. The van der Waals surface area contributed by atoms with Crippen LogP contribution in [0.4, 0.5) is 4.79 Å². The number of benzene rings is 4. The van der Waals surface area contributed by atoms with E-state index in [4.69, 9.17) is 14.2 Å². The molecule has 4 atom stereocenters. The zero-order valence-corrected chi connectivity index (χ0v) is 45.3. The van der Waals surface area contributed by atoms with Gasteiger partial charge in [-0.1, -0.05) is 135 Å². The molecule has 0 unspecified atom stereocenters. The molecular formula is C58H75N7O11. The third kappa shape index (κ3) is 16.2. The minimum Gasteiger partial charge on any atom is -0.467 e. The summed E-state index contributed by atoms with van der Waals surface area (Å²) in [5, 5.41) is 16.7. The Morgan fingerprint density at radius 1 is 0.618 bits per heavy atom. The highest BCUT2D eigenvalue weighted by Gasteiger charge is 2.45. The molecule has 0 radical (unpaired) electrons. The second kappa shape index (κ2) is 26.2. The zero-order chi connectivity index (χ0) is 55.8. The second-order valence-electron chi connectivity index (χ2n) is 21.4. The number of rotatable bonds is 23. The number of hydrogen-bond acceptors (Lipinski definition) is 11. The van der Waals surface area contributed by atoms with Gasteiger partial charge in [0, 0.05) is 6.54 Å². The first-order chi connectivity index (χ1) is 35.9. The molecule has 4 aromatic carbocycles. The van der Waals surface area contributed by atoms with Gasteiger partial charge in [-0.15, -0.1) is 0 Å². The lowest BCUT2D eigenvalue weighted by Crippen LogP contribution is -2.64. The molecule has 5 rings (SSSR count).